The molecule has 4 rings (SSSR count). The Balaban J connectivity index is 1.97. The lowest BCUT2D eigenvalue weighted by Gasteiger charge is -2.13. The molecular weight excluding hydrogens is 406 g/mol. The quantitative estimate of drug-likeness (QED) is 0.338. The van der Waals surface area contributed by atoms with Crippen LogP contribution in [0.1, 0.15) is 29.8 Å². The Morgan fingerprint density at radius 3 is 2.34 bits per heavy atom. The van der Waals surface area contributed by atoms with Gasteiger partial charge in [-0.2, -0.15) is 0 Å². The van der Waals surface area contributed by atoms with Crippen LogP contribution in [0.3, 0.4) is 0 Å². The fraction of sp³-hybridized carbons (Fsp3) is 0.154. The molecule has 0 radical (unpaired) electrons. The fourth-order valence-corrected chi connectivity index (χ4v) is 3.83. The third kappa shape index (κ3) is 4.21. The van der Waals surface area contributed by atoms with Crippen molar-refractivity contribution in [3.8, 4) is 22.8 Å². The van der Waals surface area contributed by atoms with Gasteiger partial charge in [-0.3, -0.25) is 4.79 Å². The highest BCUT2D eigenvalue weighted by Crippen LogP contribution is 2.37. The molecule has 6 heteroatoms. The van der Waals surface area contributed by atoms with Crippen molar-refractivity contribution in [3.05, 3.63) is 83.9 Å². The molecule has 1 aromatic heterocycles. The molecule has 0 unspecified atom stereocenters. The highest BCUT2D eigenvalue weighted by molar-refractivity contribution is 6.11. The zero-order valence-electron chi connectivity index (χ0n) is 17.9. The minimum atomic E-state index is -0.464. The molecule has 4 aromatic rings. The number of aromatic hydroxyl groups is 1. The van der Waals surface area contributed by atoms with Crippen molar-refractivity contribution in [1.29, 1.82) is 0 Å². The highest BCUT2D eigenvalue weighted by Gasteiger charge is 2.25. The Morgan fingerprint density at radius 2 is 1.69 bits per heavy atom. The van der Waals surface area contributed by atoms with Gasteiger partial charge in [0.2, 0.25) is 0 Å². The first-order chi connectivity index (χ1) is 15.5. The molecule has 0 aliphatic carbocycles. The van der Waals surface area contributed by atoms with Crippen LogP contribution in [0.15, 0.2) is 72.8 Å². The molecular formula is C26H23NO5. The summed E-state index contributed by atoms with van der Waals surface area (Å²) in [7, 11) is 0. The van der Waals surface area contributed by atoms with E-state index in [0.717, 1.165) is 16.6 Å². The Hall–Kier alpha value is -4.06. The third-order valence-corrected chi connectivity index (χ3v) is 5.10. The van der Waals surface area contributed by atoms with E-state index in [2.05, 4.69) is 0 Å². The number of hydrogen-bond acceptors (Lipinski definition) is 5. The molecule has 32 heavy (non-hydrogen) atoms. The van der Waals surface area contributed by atoms with Crippen LogP contribution in [-0.2, 0) is 16.1 Å². The maximum absolute atomic E-state index is 13.1. The first-order valence-electron chi connectivity index (χ1n) is 10.3. The second kappa shape index (κ2) is 8.98. The number of ether oxygens (including phenoxy) is 2. The van der Waals surface area contributed by atoms with Gasteiger partial charge < -0.3 is 19.1 Å². The van der Waals surface area contributed by atoms with Crippen LogP contribution in [0, 0.1) is 0 Å². The molecule has 0 saturated carbocycles. The molecule has 0 spiro atoms. The first-order valence-corrected chi connectivity index (χ1v) is 10.3. The van der Waals surface area contributed by atoms with Crippen LogP contribution < -0.4 is 4.74 Å². The van der Waals surface area contributed by atoms with Gasteiger partial charge in [0.05, 0.1) is 17.9 Å². The lowest BCUT2D eigenvalue weighted by atomic mass is 10.0. The number of carbonyl (C=O) groups excluding carboxylic acids is 2. The molecule has 1 N–H and O–H groups in total. The van der Waals surface area contributed by atoms with E-state index >= 15 is 0 Å². The fourth-order valence-electron chi connectivity index (χ4n) is 3.83. The number of phenols is 1. The lowest BCUT2D eigenvalue weighted by molar-refractivity contribution is -0.131. The van der Waals surface area contributed by atoms with E-state index in [1.807, 2.05) is 34.9 Å². The molecule has 0 bridgehead atoms. The van der Waals surface area contributed by atoms with Gasteiger partial charge in [-0.1, -0.05) is 30.3 Å². The van der Waals surface area contributed by atoms with Crippen molar-refractivity contribution in [2.75, 3.05) is 6.61 Å². The zero-order chi connectivity index (χ0) is 22.7. The molecule has 0 fully saturated rings. The maximum Gasteiger partial charge on any atom is 0.340 e. The molecule has 0 aliphatic rings. The normalized spacial score (nSPS) is 10.8. The number of carbonyl (C=O) groups is 2. The lowest BCUT2D eigenvalue weighted by Crippen LogP contribution is -2.08. The number of nitrogens with zero attached hydrogens (tertiary/aromatic N) is 1. The summed E-state index contributed by atoms with van der Waals surface area (Å²) in [6.45, 7) is 3.85. The molecule has 162 valence electrons. The monoisotopic (exact) mass is 429 g/mol. The molecule has 3 aromatic carbocycles. The molecule has 1 heterocycles. The maximum atomic E-state index is 13.1. The van der Waals surface area contributed by atoms with E-state index in [4.69, 9.17) is 9.47 Å². The van der Waals surface area contributed by atoms with Gasteiger partial charge in [0.1, 0.15) is 11.5 Å². The second-order valence-electron chi connectivity index (χ2n) is 7.34. The Kier molecular flexibility index (Phi) is 5.94. The number of esters is 2. The van der Waals surface area contributed by atoms with Crippen molar-refractivity contribution in [2.24, 2.45) is 0 Å². The summed E-state index contributed by atoms with van der Waals surface area (Å²) < 4.78 is 12.6. The van der Waals surface area contributed by atoms with Crippen LogP contribution in [-0.4, -0.2) is 28.2 Å². The number of rotatable bonds is 6. The summed E-state index contributed by atoms with van der Waals surface area (Å²) in [4.78, 5) is 24.3. The number of aromatic nitrogens is 1. The minimum absolute atomic E-state index is 0.0664. The Labute approximate surface area is 185 Å². The van der Waals surface area contributed by atoms with Crippen LogP contribution in [0.5, 0.6) is 11.5 Å². The number of hydrogen-bond donors (Lipinski definition) is 1. The van der Waals surface area contributed by atoms with Gasteiger partial charge in [-0.25, -0.2) is 4.79 Å². The van der Waals surface area contributed by atoms with Crippen molar-refractivity contribution >= 4 is 22.8 Å². The summed E-state index contributed by atoms with van der Waals surface area (Å²) in [5.74, 6) is -0.383. The largest absolute Gasteiger partial charge is 0.508 e. The van der Waals surface area contributed by atoms with Crippen LogP contribution in [0.25, 0.3) is 22.2 Å². The predicted octanol–water partition coefficient (Wildman–Crippen LogP) is 5.16. The average molecular weight is 429 g/mol. The summed E-state index contributed by atoms with van der Waals surface area (Å²) >= 11 is 0. The SMILES string of the molecule is CCOC(=O)c1c(-c2ccc(OC(C)=O)cc2)n(Cc2ccccc2)c2ccc(O)cc12. The summed E-state index contributed by atoms with van der Waals surface area (Å²) in [6, 6.07) is 21.9. The highest BCUT2D eigenvalue weighted by atomic mass is 16.5. The van der Waals surface area contributed by atoms with Crippen LogP contribution in [0.4, 0.5) is 0 Å². The molecule has 0 atom stereocenters. The van der Waals surface area contributed by atoms with Crippen molar-refractivity contribution in [3.63, 3.8) is 0 Å². The Morgan fingerprint density at radius 1 is 0.969 bits per heavy atom. The van der Waals surface area contributed by atoms with Gasteiger partial charge in [-0.15, -0.1) is 0 Å². The molecule has 0 amide bonds. The van der Waals surface area contributed by atoms with Crippen molar-refractivity contribution in [1.82, 2.24) is 4.57 Å². The summed E-state index contributed by atoms with van der Waals surface area (Å²) in [5.41, 5.74) is 3.67. The zero-order valence-corrected chi connectivity index (χ0v) is 17.9. The van der Waals surface area contributed by atoms with Crippen LogP contribution in [0.2, 0.25) is 0 Å². The number of benzene rings is 3. The van der Waals surface area contributed by atoms with E-state index in [-0.39, 0.29) is 12.4 Å². The smallest absolute Gasteiger partial charge is 0.340 e. The molecule has 6 nitrogen and oxygen atoms in total. The standard InChI is InChI=1S/C26H23NO5/c1-3-31-26(30)24-22-15-20(29)11-14-23(22)27(16-18-7-5-4-6-8-18)25(24)19-9-12-21(13-10-19)32-17(2)28/h4-15,29H,3,16H2,1-2H3. The van der Waals surface area contributed by atoms with Gasteiger partial charge in [0.15, 0.2) is 0 Å². The van der Waals surface area contributed by atoms with Gasteiger partial charge in [0.25, 0.3) is 0 Å². The van der Waals surface area contributed by atoms with Gasteiger partial charge >= 0.3 is 11.9 Å². The number of fused-ring (bicyclic) bond motifs is 1. The summed E-state index contributed by atoms with van der Waals surface area (Å²) in [5, 5.41) is 10.7. The van der Waals surface area contributed by atoms with E-state index in [9.17, 15) is 14.7 Å². The van der Waals surface area contributed by atoms with Gasteiger partial charge in [0, 0.05) is 24.4 Å². The van der Waals surface area contributed by atoms with Gasteiger partial charge in [-0.05, 0) is 60.5 Å². The Bertz CT molecular complexity index is 1270. The molecule has 0 aliphatic heterocycles. The van der Waals surface area contributed by atoms with Crippen molar-refractivity contribution < 1.29 is 24.2 Å². The van der Waals surface area contributed by atoms with Crippen LogP contribution >= 0.6 is 0 Å². The van der Waals surface area contributed by atoms with Crippen molar-refractivity contribution in [2.45, 2.75) is 20.4 Å². The van der Waals surface area contributed by atoms with E-state index in [1.54, 1.807) is 49.4 Å². The second-order valence-corrected chi connectivity index (χ2v) is 7.34. The minimum Gasteiger partial charge on any atom is -0.508 e. The summed E-state index contributed by atoms with van der Waals surface area (Å²) in [6.07, 6.45) is 0. The first kappa shape index (κ1) is 21.2. The van der Waals surface area contributed by atoms with E-state index in [0.29, 0.717) is 28.9 Å². The topological polar surface area (TPSA) is 77.8 Å². The molecule has 0 saturated heterocycles. The van der Waals surface area contributed by atoms with E-state index < -0.39 is 11.9 Å². The number of phenolic OH excluding ortho intramolecular Hbond substituents is 1. The predicted molar refractivity (Wildman–Crippen MR) is 122 cm³/mol. The average Bonchev–Trinajstić information content (AvgIpc) is 3.08. The third-order valence-electron chi connectivity index (χ3n) is 5.10. The van der Waals surface area contributed by atoms with E-state index in [1.165, 1.54) is 6.92 Å².